The molecule has 0 unspecified atom stereocenters. The molecule has 0 aliphatic carbocycles. The molecule has 0 saturated heterocycles. The molecule has 2 aromatic heterocycles. The highest BCUT2D eigenvalue weighted by Crippen LogP contribution is 2.46. The first-order chi connectivity index (χ1) is 18.2. The van der Waals surface area contributed by atoms with Crippen LogP contribution in [0.2, 0.25) is 0 Å². The van der Waals surface area contributed by atoms with Crippen LogP contribution in [-0.2, 0) is 19.5 Å². The number of carbonyl (C=O) groups is 1. The Labute approximate surface area is 236 Å². The number of amides is 1. The van der Waals surface area contributed by atoms with Crippen LogP contribution in [0.25, 0.3) is 20.8 Å². The van der Waals surface area contributed by atoms with Crippen LogP contribution >= 0.6 is 35.1 Å². The van der Waals surface area contributed by atoms with Crippen molar-refractivity contribution in [3.63, 3.8) is 0 Å². The maximum Gasteiger partial charge on any atom is 0.256 e. The van der Waals surface area contributed by atoms with Crippen LogP contribution in [0.15, 0.2) is 78.9 Å². The van der Waals surface area contributed by atoms with Crippen LogP contribution in [0.1, 0.15) is 33.3 Å². The largest absolute Gasteiger partial charge is 0.494 e. The number of ether oxygens (including phenoxy) is 1. The number of para-hydroxylation sites is 1. The monoisotopic (exact) mass is 561 g/mol. The highest BCUT2D eigenvalue weighted by atomic mass is 35.5. The number of nitrogens with zero attached hydrogens (tertiary/aromatic N) is 2. The van der Waals surface area contributed by atoms with Crippen molar-refractivity contribution in [1.29, 1.82) is 0 Å². The van der Waals surface area contributed by atoms with Gasteiger partial charge in [0.05, 0.1) is 16.8 Å². The van der Waals surface area contributed by atoms with Gasteiger partial charge < -0.3 is 10.1 Å². The highest BCUT2D eigenvalue weighted by Gasteiger charge is 2.28. The predicted octanol–water partition coefficient (Wildman–Crippen LogP) is 7.66. The molecular weight excluding hydrogens is 534 g/mol. The molecule has 5 aromatic rings. The SMILES string of the molecule is CCOc1ccc(C(=O)Nc2sc3c(c2-c2nc4ccccc4s2)CCN(Cc2ccccc2)C3)cc1.Cl. The van der Waals surface area contributed by atoms with E-state index in [2.05, 4.69) is 46.6 Å². The molecule has 3 aromatic carbocycles. The number of fused-ring (bicyclic) bond motifs is 2. The summed E-state index contributed by atoms with van der Waals surface area (Å²) in [7, 11) is 0. The van der Waals surface area contributed by atoms with Gasteiger partial charge in [0, 0.05) is 35.6 Å². The maximum absolute atomic E-state index is 13.3. The van der Waals surface area contributed by atoms with Gasteiger partial charge in [-0.1, -0.05) is 42.5 Å². The number of carbonyl (C=O) groups excluding carboxylic acids is 1. The van der Waals surface area contributed by atoms with E-state index >= 15 is 0 Å². The summed E-state index contributed by atoms with van der Waals surface area (Å²) in [5.41, 5.74) is 5.32. The molecule has 3 heterocycles. The molecule has 194 valence electrons. The average molecular weight is 562 g/mol. The summed E-state index contributed by atoms with van der Waals surface area (Å²) < 4.78 is 6.69. The number of thiophene rings is 1. The van der Waals surface area contributed by atoms with Crippen molar-refractivity contribution in [2.24, 2.45) is 0 Å². The molecule has 1 N–H and O–H groups in total. The zero-order valence-electron chi connectivity index (χ0n) is 21.0. The summed E-state index contributed by atoms with van der Waals surface area (Å²) in [6.07, 6.45) is 0.933. The quantitative estimate of drug-likeness (QED) is 0.222. The van der Waals surface area contributed by atoms with Crippen LogP contribution < -0.4 is 10.1 Å². The van der Waals surface area contributed by atoms with E-state index in [1.165, 1.54) is 16.0 Å². The van der Waals surface area contributed by atoms with Gasteiger partial charge in [-0.3, -0.25) is 9.69 Å². The van der Waals surface area contributed by atoms with Crippen molar-refractivity contribution in [1.82, 2.24) is 9.88 Å². The Morgan fingerprint density at radius 1 is 1.00 bits per heavy atom. The van der Waals surface area contributed by atoms with Gasteiger partial charge in [0.15, 0.2) is 0 Å². The second kappa shape index (κ2) is 11.7. The van der Waals surface area contributed by atoms with E-state index in [1.807, 2.05) is 49.4 Å². The molecule has 6 rings (SSSR count). The predicted molar refractivity (Wildman–Crippen MR) is 160 cm³/mol. The van der Waals surface area contributed by atoms with Gasteiger partial charge in [-0.05, 0) is 60.9 Å². The summed E-state index contributed by atoms with van der Waals surface area (Å²) in [5, 5.41) is 5.08. The Balaban J connectivity index is 0.00000294. The van der Waals surface area contributed by atoms with Gasteiger partial charge in [-0.25, -0.2) is 4.98 Å². The molecule has 0 spiro atoms. The van der Waals surface area contributed by atoms with Gasteiger partial charge >= 0.3 is 0 Å². The van der Waals surface area contributed by atoms with Crippen molar-refractivity contribution in [3.05, 3.63) is 100 Å². The lowest BCUT2D eigenvalue weighted by molar-refractivity contribution is 0.102. The Morgan fingerprint density at radius 3 is 2.53 bits per heavy atom. The normalized spacial score (nSPS) is 13.1. The van der Waals surface area contributed by atoms with Gasteiger partial charge in [-0.2, -0.15) is 0 Å². The number of halogens is 1. The number of aromatic nitrogens is 1. The first kappa shape index (κ1) is 26.4. The first-order valence-corrected chi connectivity index (χ1v) is 14.1. The molecule has 1 aliphatic heterocycles. The third-order valence-electron chi connectivity index (χ3n) is 6.55. The van der Waals surface area contributed by atoms with Crippen molar-refractivity contribution >= 4 is 56.2 Å². The van der Waals surface area contributed by atoms with Gasteiger partial charge in [0.2, 0.25) is 0 Å². The second-order valence-corrected chi connectivity index (χ2v) is 11.2. The molecule has 8 heteroatoms. The van der Waals surface area contributed by atoms with E-state index < -0.39 is 0 Å². The minimum atomic E-state index is -0.120. The van der Waals surface area contributed by atoms with Crippen LogP contribution in [0.3, 0.4) is 0 Å². The lowest BCUT2D eigenvalue weighted by Crippen LogP contribution is -2.29. The van der Waals surface area contributed by atoms with Crippen molar-refractivity contribution in [2.45, 2.75) is 26.4 Å². The molecule has 1 aliphatic rings. The molecule has 1 amide bonds. The fourth-order valence-electron chi connectivity index (χ4n) is 4.77. The van der Waals surface area contributed by atoms with Crippen molar-refractivity contribution in [2.75, 3.05) is 18.5 Å². The minimum absolute atomic E-state index is 0. The number of nitrogens with one attached hydrogen (secondary N) is 1. The molecule has 0 radical (unpaired) electrons. The van der Waals surface area contributed by atoms with Crippen LogP contribution in [0.4, 0.5) is 5.00 Å². The van der Waals surface area contributed by atoms with Gasteiger partial charge in [0.1, 0.15) is 15.8 Å². The van der Waals surface area contributed by atoms with Crippen molar-refractivity contribution < 1.29 is 9.53 Å². The number of benzene rings is 3. The standard InChI is InChI=1S/C30H27N3O2S2.ClH/c1-2-35-22-14-12-21(13-15-22)28(34)32-30-27(29-31-24-10-6-7-11-25(24)36-29)23-16-17-33(19-26(23)37-30)18-20-8-4-3-5-9-20;/h3-15H,2,16-19H2,1H3,(H,32,34);1H. The summed E-state index contributed by atoms with van der Waals surface area (Å²) in [6.45, 7) is 5.31. The molecular formula is C30H28ClN3O2S2. The molecule has 5 nitrogen and oxygen atoms in total. The maximum atomic E-state index is 13.3. The highest BCUT2D eigenvalue weighted by molar-refractivity contribution is 7.23. The van der Waals surface area contributed by atoms with Crippen LogP contribution in [-0.4, -0.2) is 28.9 Å². The molecule has 0 atom stereocenters. The Hall–Kier alpha value is -3.23. The lowest BCUT2D eigenvalue weighted by Gasteiger charge is -2.27. The summed E-state index contributed by atoms with van der Waals surface area (Å²) >= 11 is 3.37. The molecule has 0 saturated carbocycles. The topological polar surface area (TPSA) is 54.5 Å². The summed E-state index contributed by atoms with van der Waals surface area (Å²) in [5.74, 6) is 0.643. The number of rotatable bonds is 7. The number of hydrogen-bond donors (Lipinski definition) is 1. The van der Waals surface area contributed by atoms with E-state index in [9.17, 15) is 4.79 Å². The smallest absolute Gasteiger partial charge is 0.256 e. The summed E-state index contributed by atoms with van der Waals surface area (Å²) in [4.78, 5) is 22.0. The second-order valence-electron chi connectivity index (χ2n) is 9.05. The first-order valence-electron chi connectivity index (χ1n) is 12.5. The molecule has 0 fully saturated rings. The fourth-order valence-corrected chi connectivity index (χ4v) is 7.17. The third-order valence-corrected chi connectivity index (χ3v) is 8.73. The lowest BCUT2D eigenvalue weighted by atomic mass is 10.0. The third kappa shape index (κ3) is 5.47. The van der Waals surface area contributed by atoms with E-state index in [4.69, 9.17) is 9.72 Å². The van der Waals surface area contributed by atoms with Crippen molar-refractivity contribution in [3.8, 4) is 16.3 Å². The Bertz CT molecular complexity index is 1510. The Kier molecular flexibility index (Phi) is 8.09. The summed E-state index contributed by atoms with van der Waals surface area (Å²) in [6, 6.07) is 26.1. The molecule has 0 bridgehead atoms. The zero-order chi connectivity index (χ0) is 25.2. The van der Waals surface area contributed by atoms with Crippen LogP contribution in [0, 0.1) is 0 Å². The average Bonchev–Trinajstić information content (AvgIpc) is 3.50. The van der Waals surface area contributed by atoms with Crippen LogP contribution in [0.5, 0.6) is 5.75 Å². The van der Waals surface area contributed by atoms with Gasteiger partial charge in [0.25, 0.3) is 5.91 Å². The van der Waals surface area contributed by atoms with E-state index in [0.29, 0.717) is 12.2 Å². The van der Waals surface area contributed by atoms with E-state index in [0.717, 1.165) is 57.6 Å². The van der Waals surface area contributed by atoms with E-state index in [-0.39, 0.29) is 18.3 Å². The number of thiazole rings is 1. The Morgan fingerprint density at radius 2 is 1.76 bits per heavy atom. The number of hydrogen-bond acceptors (Lipinski definition) is 6. The minimum Gasteiger partial charge on any atom is -0.494 e. The molecule has 38 heavy (non-hydrogen) atoms. The fraction of sp³-hybridized carbons (Fsp3) is 0.200. The van der Waals surface area contributed by atoms with E-state index in [1.54, 1.807) is 22.7 Å². The zero-order valence-corrected chi connectivity index (χ0v) is 23.4. The van der Waals surface area contributed by atoms with Gasteiger partial charge in [-0.15, -0.1) is 35.1 Å². The number of anilines is 1.